The topological polar surface area (TPSA) is 63.3 Å². The molecular weight excluding hydrogens is 149 g/mol. The van der Waals surface area contributed by atoms with Crippen molar-refractivity contribution in [3.8, 4) is 0 Å². The summed E-state index contributed by atoms with van der Waals surface area (Å²) in [5.74, 6) is -0.988. The van der Waals surface area contributed by atoms with E-state index in [9.17, 15) is 4.79 Å². The minimum Gasteiger partial charge on any atom is -0.480 e. The van der Waals surface area contributed by atoms with Crippen LogP contribution in [0.25, 0.3) is 0 Å². The molecule has 0 fully saturated rings. The highest BCUT2D eigenvalue weighted by molar-refractivity contribution is 7.16. The third kappa shape index (κ3) is 3.59. The van der Waals surface area contributed by atoms with Crippen molar-refractivity contribution in [1.29, 1.82) is 0 Å². The summed E-state index contributed by atoms with van der Waals surface area (Å²) < 4.78 is 0. The second-order valence-corrected chi connectivity index (χ2v) is 2.49. The van der Waals surface area contributed by atoms with Crippen molar-refractivity contribution in [3.63, 3.8) is 0 Å². The number of hydrogen-bond acceptors (Lipinski definition) is 2. The summed E-state index contributed by atoms with van der Waals surface area (Å²) in [6.07, 6.45) is 2.30. The van der Waals surface area contributed by atoms with Gasteiger partial charge in [0.15, 0.2) is 0 Å². The number of carbonyl (C=O) groups is 1. The Kier molecular flexibility index (Phi) is 4.24. The summed E-state index contributed by atoms with van der Waals surface area (Å²) in [6.45, 7) is 1.84. The molecule has 4 heteroatoms. The molecule has 0 heterocycles. The van der Waals surface area contributed by atoms with Crippen LogP contribution < -0.4 is 5.73 Å². The lowest BCUT2D eigenvalue weighted by Crippen LogP contribution is -2.27. The number of carboxylic acid groups (broad SMARTS) is 1. The van der Waals surface area contributed by atoms with E-state index < -0.39 is 12.0 Å². The Bertz CT molecular complexity index is 156. The maximum Gasteiger partial charge on any atom is 0.324 e. The molecule has 2 unspecified atom stereocenters. The highest BCUT2D eigenvalue weighted by Gasteiger charge is 2.06. The summed E-state index contributed by atoms with van der Waals surface area (Å²) in [5.41, 5.74) is 6.18. The molecule has 3 N–H and O–H groups in total. The van der Waals surface area contributed by atoms with Crippen molar-refractivity contribution in [2.24, 2.45) is 5.73 Å². The van der Waals surface area contributed by atoms with Crippen LogP contribution in [0.4, 0.5) is 0 Å². The van der Waals surface area contributed by atoms with Gasteiger partial charge in [-0.05, 0) is 13.1 Å². The van der Waals surface area contributed by atoms with E-state index in [1.165, 1.54) is 6.08 Å². The first kappa shape index (κ1) is 9.60. The Morgan fingerprint density at radius 1 is 1.90 bits per heavy atom. The minimum absolute atomic E-state index is 0.765. The van der Waals surface area contributed by atoms with Crippen molar-refractivity contribution in [2.45, 2.75) is 13.0 Å². The van der Waals surface area contributed by atoms with Gasteiger partial charge in [0.1, 0.15) is 6.04 Å². The lowest BCUT2D eigenvalue weighted by Gasteiger charge is -2.00. The van der Waals surface area contributed by atoms with Gasteiger partial charge in [-0.1, -0.05) is 11.6 Å². The normalized spacial score (nSPS) is 14.9. The lowest BCUT2D eigenvalue weighted by molar-refractivity contribution is -0.137. The molecule has 0 aromatic rings. The van der Waals surface area contributed by atoms with Crippen molar-refractivity contribution in [3.05, 3.63) is 11.6 Å². The molecule has 58 valence electrons. The maximum absolute atomic E-state index is 10.2. The van der Waals surface area contributed by atoms with Crippen LogP contribution in [0.3, 0.4) is 0 Å². The summed E-state index contributed by atoms with van der Waals surface area (Å²) in [4.78, 5) is 10.2. The summed E-state index contributed by atoms with van der Waals surface area (Å²) in [5, 5.41) is 8.35. The zero-order valence-corrected chi connectivity index (χ0v) is 7.03. The standard InChI is InChI=1S/C6H12NO2P/c1-4(3-10)2-5(7)6(8)9/h2,5H,3,7,10H2,1H3,(H,8,9)/b4-2+. The van der Waals surface area contributed by atoms with Gasteiger partial charge < -0.3 is 10.8 Å². The van der Waals surface area contributed by atoms with Crippen molar-refractivity contribution < 1.29 is 9.90 Å². The molecule has 0 saturated carbocycles. The Labute approximate surface area is 62.5 Å². The Hall–Kier alpha value is -0.400. The van der Waals surface area contributed by atoms with Crippen LogP contribution in [0, 0.1) is 0 Å². The quantitative estimate of drug-likeness (QED) is 0.459. The molecule has 0 bridgehead atoms. The second-order valence-electron chi connectivity index (χ2n) is 2.08. The van der Waals surface area contributed by atoms with E-state index in [2.05, 4.69) is 9.24 Å². The smallest absolute Gasteiger partial charge is 0.324 e. The van der Waals surface area contributed by atoms with Crippen molar-refractivity contribution in [2.75, 3.05) is 6.16 Å². The molecule has 0 rings (SSSR count). The molecule has 0 saturated heterocycles. The number of hydrogen-bond donors (Lipinski definition) is 2. The van der Waals surface area contributed by atoms with Gasteiger partial charge in [-0.3, -0.25) is 4.79 Å². The van der Waals surface area contributed by atoms with Crippen LogP contribution in [0.2, 0.25) is 0 Å². The van der Waals surface area contributed by atoms with Gasteiger partial charge >= 0.3 is 5.97 Å². The fourth-order valence-electron chi connectivity index (χ4n) is 0.446. The number of allylic oxidation sites excluding steroid dienone is 1. The molecule has 0 radical (unpaired) electrons. The van der Waals surface area contributed by atoms with Crippen molar-refractivity contribution in [1.82, 2.24) is 0 Å². The van der Waals surface area contributed by atoms with E-state index in [0.717, 1.165) is 11.7 Å². The molecule has 0 spiro atoms. The van der Waals surface area contributed by atoms with E-state index >= 15 is 0 Å². The molecule has 0 aliphatic carbocycles. The van der Waals surface area contributed by atoms with E-state index in [1.54, 1.807) is 0 Å². The zero-order valence-electron chi connectivity index (χ0n) is 5.87. The fraction of sp³-hybridized carbons (Fsp3) is 0.500. The fourth-order valence-corrected chi connectivity index (χ4v) is 0.582. The van der Waals surface area contributed by atoms with Gasteiger partial charge in [0.2, 0.25) is 0 Å². The van der Waals surface area contributed by atoms with Gasteiger partial charge in [-0.15, -0.1) is 9.24 Å². The monoisotopic (exact) mass is 161 g/mol. The van der Waals surface area contributed by atoms with Gasteiger partial charge in [0, 0.05) is 0 Å². The van der Waals surface area contributed by atoms with E-state index in [1.807, 2.05) is 6.92 Å². The molecule has 0 aromatic carbocycles. The first-order chi connectivity index (χ1) is 4.57. The van der Waals surface area contributed by atoms with Crippen LogP contribution in [0.15, 0.2) is 11.6 Å². The summed E-state index contributed by atoms with van der Waals surface area (Å²) in [6, 6.07) is -0.861. The molecule has 2 atom stereocenters. The maximum atomic E-state index is 10.2. The molecule has 10 heavy (non-hydrogen) atoms. The number of nitrogens with two attached hydrogens (primary N) is 1. The number of aliphatic carboxylic acids is 1. The summed E-state index contributed by atoms with van der Waals surface area (Å²) >= 11 is 0. The third-order valence-electron chi connectivity index (χ3n) is 1.07. The predicted molar refractivity (Wildman–Crippen MR) is 43.9 cm³/mol. The first-order valence-electron chi connectivity index (χ1n) is 2.93. The molecule has 0 amide bonds. The van der Waals surface area contributed by atoms with E-state index in [4.69, 9.17) is 10.8 Å². The largest absolute Gasteiger partial charge is 0.480 e. The number of rotatable bonds is 3. The minimum atomic E-state index is -0.988. The molecule has 0 aliphatic rings. The Balaban J connectivity index is 3.99. The summed E-state index contributed by atoms with van der Waals surface area (Å²) in [7, 11) is 2.50. The van der Waals surface area contributed by atoms with Gasteiger partial charge in [0.05, 0.1) is 0 Å². The molecule has 0 aliphatic heterocycles. The average molecular weight is 161 g/mol. The van der Waals surface area contributed by atoms with Crippen LogP contribution >= 0.6 is 9.24 Å². The molecule has 0 aromatic heterocycles. The lowest BCUT2D eigenvalue weighted by atomic mass is 10.2. The zero-order chi connectivity index (χ0) is 8.15. The average Bonchev–Trinajstić information content (AvgIpc) is 1.87. The Morgan fingerprint density at radius 2 is 2.40 bits per heavy atom. The van der Waals surface area contributed by atoms with Gasteiger partial charge in [-0.2, -0.15) is 0 Å². The van der Waals surface area contributed by atoms with E-state index in [-0.39, 0.29) is 0 Å². The first-order valence-corrected chi connectivity index (χ1v) is 3.75. The van der Waals surface area contributed by atoms with Crippen LogP contribution in [-0.4, -0.2) is 23.3 Å². The highest BCUT2D eigenvalue weighted by atomic mass is 31.0. The van der Waals surface area contributed by atoms with Crippen LogP contribution in [-0.2, 0) is 4.79 Å². The third-order valence-corrected chi connectivity index (χ3v) is 1.72. The number of carboxylic acids is 1. The van der Waals surface area contributed by atoms with E-state index in [0.29, 0.717) is 0 Å². The Morgan fingerprint density at radius 3 is 2.70 bits per heavy atom. The molecule has 3 nitrogen and oxygen atoms in total. The van der Waals surface area contributed by atoms with Crippen LogP contribution in [0.5, 0.6) is 0 Å². The second kappa shape index (κ2) is 4.42. The highest BCUT2D eigenvalue weighted by Crippen LogP contribution is 1.98. The van der Waals surface area contributed by atoms with Gasteiger partial charge in [-0.25, -0.2) is 0 Å². The SMILES string of the molecule is C/C(=C\C(N)C(=O)O)CP. The molecular formula is C6H12NO2P. The predicted octanol–water partition coefficient (Wildman–Crippen LogP) is 0.220. The van der Waals surface area contributed by atoms with Crippen LogP contribution in [0.1, 0.15) is 6.92 Å². The van der Waals surface area contributed by atoms with Gasteiger partial charge in [0.25, 0.3) is 0 Å². The van der Waals surface area contributed by atoms with Crippen molar-refractivity contribution >= 4 is 15.2 Å².